The molecule has 0 aliphatic rings. The Morgan fingerprint density at radius 2 is 1.62 bits per heavy atom. The molecule has 0 N–H and O–H groups in total. The van der Waals surface area contributed by atoms with Crippen molar-refractivity contribution in [3.05, 3.63) is 66.4 Å². The molecule has 3 rings (SSSR count). The maximum atomic E-state index is 12.2. The molecule has 21 heavy (non-hydrogen) atoms. The van der Waals surface area contributed by atoms with Gasteiger partial charge in [-0.2, -0.15) is 0 Å². The van der Waals surface area contributed by atoms with Crippen LogP contribution in [-0.4, -0.2) is 29.9 Å². The van der Waals surface area contributed by atoms with E-state index in [4.69, 9.17) is 0 Å². The normalized spacial score (nSPS) is 10.6. The summed E-state index contributed by atoms with van der Waals surface area (Å²) in [6.45, 7) is 0. The van der Waals surface area contributed by atoms with Crippen molar-refractivity contribution in [1.29, 1.82) is 0 Å². The number of nitrogens with zero attached hydrogens (tertiary/aromatic N) is 2. The molecule has 0 aliphatic carbocycles. The number of hydrogen-bond acceptors (Lipinski definition) is 2. The molecule has 0 saturated carbocycles. The third-order valence-electron chi connectivity index (χ3n) is 3.41. The summed E-state index contributed by atoms with van der Waals surface area (Å²) in [7, 11) is 3.47. The highest BCUT2D eigenvalue weighted by Crippen LogP contribution is 2.27. The minimum Gasteiger partial charge on any atom is -0.343 e. The molecule has 0 bridgehead atoms. The molecule has 3 aromatic rings. The number of carbonyl (C=O) groups excluding carboxylic acids is 1. The van der Waals surface area contributed by atoms with Crippen LogP contribution in [0.15, 0.2) is 60.7 Å². The Morgan fingerprint density at radius 3 is 2.33 bits per heavy atom. The average molecular weight is 276 g/mol. The summed E-state index contributed by atoms with van der Waals surface area (Å²) in [5.41, 5.74) is 2.33. The summed E-state index contributed by atoms with van der Waals surface area (Å²) >= 11 is 0. The lowest BCUT2D eigenvalue weighted by atomic mass is 10.0. The van der Waals surface area contributed by atoms with Crippen molar-refractivity contribution in [2.24, 2.45) is 0 Å². The Hall–Kier alpha value is -2.68. The van der Waals surface area contributed by atoms with Gasteiger partial charge in [-0.05, 0) is 11.5 Å². The number of carbonyl (C=O) groups is 1. The third-order valence-corrected chi connectivity index (χ3v) is 3.41. The van der Waals surface area contributed by atoms with Crippen LogP contribution in [0, 0.1) is 0 Å². The van der Waals surface area contributed by atoms with Crippen LogP contribution in [0.5, 0.6) is 0 Å². The van der Waals surface area contributed by atoms with E-state index < -0.39 is 0 Å². The van der Waals surface area contributed by atoms with E-state index in [1.807, 2.05) is 60.7 Å². The molecule has 3 heteroatoms. The van der Waals surface area contributed by atoms with Gasteiger partial charge in [0.05, 0.1) is 5.69 Å². The van der Waals surface area contributed by atoms with Crippen LogP contribution in [0.3, 0.4) is 0 Å². The van der Waals surface area contributed by atoms with Gasteiger partial charge in [0.25, 0.3) is 5.91 Å². The topological polar surface area (TPSA) is 33.2 Å². The quantitative estimate of drug-likeness (QED) is 0.716. The van der Waals surface area contributed by atoms with E-state index in [2.05, 4.69) is 4.98 Å². The highest BCUT2D eigenvalue weighted by molar-refractivity contribution is 6.01. The van der Waals surface area contributed by atoms with Crippen LogP contribution < -0.4 is 0 Å². The first-order chi connectivity index (χ1) is 10.2. The molecule has 0 aliphatic heterocycles. The molecule has 1 heterocycles. The first-order valence-corrected chi connectivity index (χ1v) is 6.83. The Labute approximate surface area is 123 Å². The average Bonchev–Trinajstić information content (AvgIpc) is 2.53. The molecule has 0 fully saturated rings. The second-order valence-electron chi connectivity index (χ2n) is 5.14. The van der Waals surface area contributed by atoms with Crippen LogP contribution in [0.4, 0.5) is 0 Å². The van der Waals surface area contributed by atoms with Gasteiger partial charge in [0, 0.05) is 25.0 Å². The zero-order valence-corrected chi connectivity index (χ0v) is 12.1. The maximum Gasteiger partial charge on any atom is 0.271 e. The molecular weight excluding hydrogens is 260 g/mol. The van der Waals surface area contributed by atoms with Gasteiger partial charge < -0.3 is 4.90 Å². The van der Waals surface area contributed by atoms with Gasteiger partial charge in [-0.25, -0.2) is 4.98 Å². The van der Waals surface area contributed by atoms with Crippen LogP contribution in [0.25, 0.3) is 22.0 Å². The number of benzene rings is 2. The number of hydrogen-bond donors (Lipinski definition) is 0. The van der Waals surface area contributed by atoms with Crippen molar-refractivity contribution in [2.45, 2.75) is 0 Å². The second kappa shape index (κ2) is 5.37. The molecule has 1 amide bonds. The summed E-state index contributed by atoms with van der Waals surface area (Å²) in [6.07, 6.45) is 0. The lowest BCUT2D eigenvalue weighted by Gasteiger charge is -2.13. The fraction of sp³-hybridized carbons (Fsp3) is 0.111. The van der Waals surface area contributed by atoms with E-state index in [1.165, 1.54) is 0 Å². The monoisotopic (exact) mass is 276 g/mol. The molecule has 0 atom stereocenters. The molecular formula is C18H16N2O. The standard InChI is InChI=1S/C18H16N2O/c1-20(2)18(21)16-12-14-10-6-7-11-15(14)17(19-16)13-8-4-3-5-9-13/h3-12H,1-2H3. The number of rotatable bonds is 2. The predicted molar refractivity (Wildman–Crippen MR) is 85.2 cm³/mol. The molecule has 0 spiro atoms. The number of fused-ring (bicyclic) bond motifs is 1. The van der Waals surface area contributed by atoms with Crippen molar-refractivity contribution < 1.29 is 4.79 Å². The van der Waals surface area contributed by atoms with Gasteiger partial charge in [0.1, 0.15) is 5.69 Å². The Morgan fingerprint density at radius 1 is 0.952 bits per heavy atom. The van der Waals surface area contributed by atoms with Crippen molar-refractivity contribution in [2.75, 3.05) is 14.1 Å². The minimum atomic E-state index is -0.0852. The van der Waals surface area contributed by atoms with E-state index in [0.29, 0.717) is 5.69 Å². The van der Waals surface area contributed by atoms with Crippen LogP contribution in [0.2, 0.25) is 0 Å². The van der Waals surface area contributed by atoms with Gasteiger partial charge in [-0.15, -0.1) is 0 Å². The zero-order chi connectivity index (χ0) is 14.8. The van der Waals surface area contributed by atoms with Crippen molar-refractivity contribution in [1.82, 2.24) is 9.88 Å². The molecule has 0 unspecified atom stereocenters. The SMILES string of the molecule is CN(C)C(=O)c1cc2ccccc2c(-c2ccccc2)n1. The van der Waals surface area contributed by atoms with Gasteiger partial charge in [0.15, 0.2) is 0 Å². The summed E-state index contributed by atoms with van der Waals surface area (Å²) in [6, 6.07) is 19.8. The number of amides is 1. The molecule has 2 aromatic carbocycles. The van der Waals surface area contributed by atoms with E-state index in [0.717, 1.165) is 22.0 Å². The second-order valence-corrected chi connectivity index (χ2v) is 5.14. The molecule has 0 saturated heterocycles. The minimum absolute atomic E-state index is 0.0852. The van der Waals surface area contributed by atoms with Gasteiger partial charge in [-0.3, -0.25) is 4.79 Å². The largest absolute Gasteiger partial charge is 0.343 e. The highest BCUT2D eigenvalue weighted by atomic mass is 16.2. The first-order valence-electron chi connectivity index (χ1n) is 6.83. The zero-order valence-electron chi connectivity index (χ0n) is 12.1. The van der Waals surface area contributed by atoms with Crippen LogP contribution >= 0.6 is 0 Å². The summed E-state index contributed by atoms with van der Waals surface area (Å²) in [5.74, 6) is -0.0852. The smallest absolute Gasteiger partial charge is 0.271 e. The fourth-order valence-corrected chi connectivity index (χ4v) is 2.35. The van der Waals surface area contributed by atoms with Gasteiger partial charge in [-0.1, -0.05) is 54.6 Å². The van der Waals surface area contributed by atoms with E-state index >= 15 is 0 Å². The summed E-state index contributed by atoms with van der Waals surface area (Å²) in [5, 5.41) is 2.08. The van der Waals surface area contributed by atoms with Crippen molar-refractivity contribution >= 4 is 16.7 Å². The van der Waals surface area contributed by atoms with E-state index in [-0.39, 0.29) is 5.91 Å². The molecule has 1 aromatic heterocycles. The Balaban J connectivity index is 2.29. The van der Waals surface area contributed by atoms with E-state index in [9.17, 15) is 4.79 Å². The van der Waals surface area contributed by atoms with Gasteiger partial charge >= 0.3 is 0 Å². The van der Waals surface area contributed by atoms with Crippen molar-refractivity contribution in [3.8, 4) is 11.3 Å². The molecule has 3 nitrogen and oxygen atoms in total. The number of aromatic nitrogens is 1. The van der Waals surface area contributed by atoms with Crippen LogP contribution in [0.1, 0.15) is 10.5 Å². The Bertz CT molecular complexity index is 795. The molecule has 0 radical (unpaired) electrons. The lowest BCUT2D eigenvalue weighted by Crippen LogP contribution is -2.22. The molecule has 104 valence electrons. The van der Waals surface area contributed by atoms with Crippen LogP contribution in [-0.2, 0) is 0 Å². The maximum absolute atomic E-state index is 12.2. The first kappa shape index (κ1) is 13.3. The highest BCUT2D eigenvalue weighted by Gasteiger charge is 2.14. The fourth-order valence-electron chi connectivity index (χ4n) is 2.35. The summed E-state index contributed by atoms with van der Waals surface area (Å²) < 4.78 is 0. The summed E-state index contributed by atoms with van der Waals surface area (Å²) in [4.78, 5) is 18.4. The van der Waals surface area contributed by atoms with E-state index in [1.54, 1.807) is 19.0 Å². The lowest BCUT2D eigenvalue weighted by molar-refractivity contribution is 0.0822. The number of pyridine rings is 1. The Kier molecular flexibility index (Phi) is 3.40. The third kappa shape index (κ3) is 2.50. The van der Waals surface area contributed by atoms with Gasteiger partial charge in [0.2, 0.25) is 0 Å². The van der Waals surface area contributed by atoms with Crippen molar-refractivity contribution in [3.63, 3.8) is 0 Å². The predicted octanol–water partition coefficient (Wildman–Crippen LogP) is 3.60.